The van der Waals surface area contributed by atoms with Crippen LogP contribution in [0.2, 0.25) is 0 Å². The van der Waals surface area contributed by atoms with Crippen LogP contribution in [0.3, 0.4) is 0 Å². The van der Waals surface area contributed by atoms with Crippen LogP contribution >= 0.6 is 0 Å². The van der Waals surface area contributed by atoms with Gasteiger partial charge in [0.05, 0.1) is 47.1 Å². The fourth-order valence-corrected chi connectivity index (χ4v) is 6.50. The Morgan fingerprint density at radius 3 is 2.43 bits per heavy atom. The van der Waals surface area contributed by atoms with Crippen molar-refractivity contribution < 1.29 is 54.2 Å². The van der Waals surface area contributed by atoms with Crippen molar-refractivity contribution in [2.45, 2.75) is 63.9 Å². The van der Waals surface area contributed by atoms with Gasteiger partial charge in [0.1, 0.15) is 17.6 Å². The van der Waals surface area contributed by atoms with Gasteiger partial charge in [-0.2, -0.15) is 0 Å². The lowest BCUT2D eigenvalue weighted by Crippen LogP contribution is -2.48. The number of aliphatic carboxylic acids is 1. The standard InChI is InChI=1S/C34H31NO11/c1-15-9-20-21(12-25(38)39)35(14-17-5-3-6-18(11-17)34(43)44)30-29(27(20)22(36)10-15)32(41)19-7-4-8-24(28(19)33(30)42)46-26-13-23(37)31(40)16(2)45-26/h3-11,16,21,23,26,31,36-37,40H,12-14H2,1-2H3,(H,38,39)(H,43,44)/t16-,21-,23+,26-,31-/m0/s1. The van der Waals surface area contributed by atoms with Gasteiger partial charge < -0.3 is 39.9 Å². The molecule has 2 heterocycles. The highest BCUT2D eigenvalue weighted by molar-refractivity contribution is 6.41. The highest BCUT2D eigenvalue weighted by Gasteiger charge is 2.46. The summed E-state index contributed by atoms with van der Waals surface area (Å²) in [4.78, 5) is 54.5. The number of nitrogens with zero attached hydrogens (tertiary/aromatic N) is 1. The zero-order valence-electron chi connectivity index (χ0n) is 24.8. The van der Waals surface area contributed by atoms with E-state index in [1.54, 1.807) is 26.0 Å². The molecule has 238 valence electrons. The molecule has 0 spiro atoms. The number of ether oxygens (including phenoxy) is 2. The van der Waals surface area contributed by atoms with Crippen LogP contribution in [0.1, 0.15) is 79.1 Å². The topological polar surface area (TPSA) is 191 Å². The van der Waals surface area contributed by atoms with E-state index in [1.807, 2.05) is 0 Å². The summed E-state index contributed by atoms with van der Waals surface area (Å²) in [6.45, 7) is 3.12. The number of fused-ring (bicyclic) bond motifs is 3. The maximum absolute atomic E-state index is 14.6. The minimum absolute atomic E-state index is 0.0128. The third-order valence-corrected chi connectivity index (χ3v) is 8.57. The van der Waals surface area contributed by atoms with Gasteiger partial charge in [-0.05, 0) is 54.8 Å². The smallest absolute Gasteiger partial charge is 0.335 e. The molecule has 0 radical (unpaired) electrons. The number of phenols is 1. The Morgan fingerprint density at radius 2 is 1.74 bits per heavy atom. The van der Waals surface area contributed by atoms with Crippen LogP contribution in [0.25, 0.3) is 5.57 Å². The summed E-state index contributed by atoms with van der Waals surface area (Å²) in [5.41, 5.74) is 1.01. The summed E-state index contributed by atoms with van der Waals surface area (Å²) < 4.78 is 11.7. The normalized spacial score (nSPS) is 23.8. The molecule has 46 heavy (non-hydrogen) atoms. The van der Waals surface area contributed by atoms with E-state index in [-0.39, 0.29) is 58.0 Å². The molecule has 0 unspecified atom stereocenters. The van der Waals surface area contributed by atoms with Crippen molar-refractivity contribution in [3.8, 4) is 11.5 Å². The van der Waals surface area contributed by atoms with E-state index in [0.29, 0.717) is 16.7 Å². The summed E-state index contributed by atoms with van der Waals surface area (Å²) in [6.07, 6.45) is -4.76. The SMILES string of the molecule is Cc1cc(O)c2c(c1)[C@H](CC(=O)O)N(Cc1cccc(C(=O)O)c1)C1=C2C(=O)c2cccc(O[C@H]3C[C@@H](O)[C@@H](O)[C@H](C)O3)c2C1=O. The molecular weight excluding hydrogens is 598 g/mol. The van der Waals surface area contributed by atoms with Crippen molar-refractivity contribution in [1.82, 2.24) is 4.90 Å². The van der Waals surface area contributed by atoms with E-state index in [1.165, 1.54) is 47.4 Å². The molecule has 12 heteroatoms. The van der Waals surface area contributed by atoms with E-state index in [9.17, 15) is 44.7 Å². The molecule has 6 rings (SSSR count). The number of carboxylic acids is 2. The quantitative estimate of drug-likeness (QED) is 0.256. The van der Waals surface area contributed by atoms with Gasteiger partial charge in [0.15, 0.2) is 5.78 Å². The number of hydrogen-bond acceptors (Lipinski definition) is 10. The molecule has 1 fully saturated rings. The van der Waals surface area contributed by atoms with E-state index >= 15 is 0 Å². The molecule has 3 aromatic rings. The second-order valence-electron chi connectivity index (χ2n) is 11.7. The molecule has 0 aromatic heterocycles. The Labute approximate surface area is 262 Å². The fraction of sp³-hybridized carbons (Fsp3) is 0.294. The average molecular weight is 630 g/mol. The number of rotatable bonds is 7. The molecule has 0 amide bonds. The summed E-state index contributed by atoms with van der Waals surface area (Å²) in [5, 5.41) is 51.1. The second-order valence-corrected chi connectivity index (χ2v) is 11.7. The largest absolute Gasteiger partial charge is 0.507 e. The number of aromatic hydroxyl groups is 1. The van der Waals surface area contributed by atoms with Crippen molar-refractivity contribution in [1.29, 1.82) is 0 Å². The van der Waals surface area contributed by atoms with E-state index in [4.69, 9.17) is 9.47 Å². The molecule has 12 nitrogen and oxygen atoms in total. The fourth-order valence-electron chi connectivity index (χ4n) is 6.50. The van der Waals surface area contributed by atoms with Gasteiger partial charge in [0.2, 0.25) is 12.1 Å². The van der Waals surface area contributed by atoms with Crippen molar-refractivity contribution in [3.05, 3.63) is 99.2 Å². The minimum Gasteiger partial charge on any atom is -0.507 e. The van der Waals surface area contributed by atoms with Crippen molar-refractivity contribution in [2.75, 3.05) is 0 Å². The molecule has 0 saturated carbocycles. The number of allylic oxidation sites excluding steroid dienone is 2. The lowest BCUT2D eigenvalue weighted by molar-refractivity contribution is -0.216. The molecule has 5 atom stereocenters. The molecule has 3 aliphatic rings. The average Bonchev–Trinajstić information content (AvgIpc) is 2.99. The van der Waals surface area contributed by atoms with Crippen molar-refractivity contribution >= 4 is 29.1 Å². The van der Waals surface area contributed by atoms with Crippen LogP contribution in [0.4, 0.5) is 0 Å². The molecule has 2 aliphatic heterocycles. The monoisotopic (exact) mass is 629 g/mol. The number of phenolic OH excluding ortho intramolecular Hbond substituents is 1. The van der Waals surface area contributed by atoms with Gasteiger partial charge >= 0.3 is 11.9 Å². The first kappa shape index (κ1) is 31.0. The number of carbonyl (C=O) groups is 4. The lowest BCUT2D eigenvalue weighted by atomic mass is 9.76. The number of aromatic carboxylic acids is 1. The Kier molecular flexibility index (Phi) is 7.88. The Hall–Kier alpha value is -5.04. The summed E-state index contributed by atoms with van der Waals surface area (Å²) in [5.74, 6) is -3.98. The summed E-state index contributed by atoms with van der Waals surface area (Å²) in [7, 11) is 0. The van der Waals surface area contributed by atoms with Crippen LogP contribution in [0.5, 0.6) is 11.5 Å². The van der Waals surface area contributed by atoms with Crippen LogP contribution in [0.15, 0.2) is 60.3 Å². The first-order valence-corrected chi connectivity index (χ1v) is 14.6. The predicted octanol–water partition coefficient (Wildman–Crippen LogP) is 3.46. The van der Waals surface area contributed by atoms with Gasteiger partial charge in [-0.3, -0.25) is 14.4 Å². The second kappa shape index (κ2) is 11.7. The number of ketones is 2. The zero-order valence-corrected chi connectivity index (χ0v) is 24.8. The number of aryl methyl sites for hydroxylation is 1. The number of carbonyl (C=O) groups excluding carboxylic acids is 2. The van der Waals surface area contributed by atoms with Gasteiger partial charge in [-0.25, -0.2) is 4.79 Å². The summed E-state index contributed by atoms with van der Waals surface area (Å²) >= 11 is 0. The molecule has 5 N–H and O–H groups in total. The van der Waals surface area contributed by atoms with E-state index in [0.717, 1.165) is 0 Å². The number of carboxylic acid groups (broad SMARTS) is 2. The van der Waals surface area contributed by atoms with Gasteiger partial charge in [0, 0.05) is 24.1 Å². The highest BCUT2D eigenvalue weighted by atomic mass is 16.7. The van der Waals surface area contributed by atoms with Crippen LogP contribution in [0, 0.1) is 6.92 Å². The molecule has 1 saturated heterocycles. The molecular formula is C34H31NO11. The van der Waals surface area contributed by atoms with Crippen LogP contribution in [-0.4, -0.2) is 78.5 Å². The number of aliphatic hydroxyl groups excluding tert-OH is 2. The Balaban J connectivity index is 1.53. The third kappa shape index (κ3) is 5.30. The predicted molar refractivity (Wildman–Crippen MR) is 160 cm³/mol. The van der Waals surface area contributed by atoms with Gasteiger partial charge in [-0.15, -0.1) is 0 Å². The van der Waals surface area contributed by atoms with E-state index in [2.05, 4.69) is 0 Å². The lowest BCUT2D eigenvalue weighted by Gasteiger charge is -2.42. The number of Topliss-reactive ketones (excluding diaryl/α,β-unsaturated/α-hetero) is 2. The molecule has 3 aromatic carbocycles. The first-order chi connectivity index (χ1) is 21.8. The van der Waals surface area contributed by atoms with Crippen molar-refractivity contribution in [3.63, 3.8) is 0 Å². The maximum atomic E-state index is 14.6. The maximum Gasteiger partial charge on any atom is 0.335 e. The highest BCUT2D eigenvalue weighted by Crippen LogP contribution is 2.50. The zero-order chi connectivity index (χ0) is 33.0. The third-order valence-electron chi connectivity index (χ3n) is 8.57. The Morgan fingerprint density at radius 1 is 1.00 bits per heavy atom. The number of aliphatic hydroxyl groups is 2. The first-order valence-electron chi connectivity index (χ1n) is 14.6. The van der Waals surface area contributed by atoms with Crippen LogP contribution < -0.4 is 4.74 Å². The number of benzene rings is 3. The van der Waals surface area contributed by atoms with Crippen molar-refractivity contribution in [2.24, 2.45) is 0 Å². The van der Waals surface area contributed by atoms with E-state index < -0.39 is 60.6 Å². The minimum atomic E-state index is -1.20. The van der Waals surface area contributed by atoms with Gasteiger partial charge in [0.25, 0.3) is 0 Å². The number of hydrogen-bond donors (Lipinski definition) is 5. The van der Waals surface area contributed by atoms with Crippen LogP contribution in [-0.2, 0) is 16.1 Å². The summed E-state index contributed by atoms with van der Waals surface area (Å²) in [6, 6.07) is 12.5. The molecule has 0 bridgehead atoms. The molecule has 1 aliphatic carbocycles. The Bertz CT molecular complexity index is 1820. The van der Waals surface area contributed by atoms with Gasteiger partial charge in [-0.1, -0.05) is 30.3 Å².